The Kier molecular flexibility index (Phi) is 18.3. The second kappa shape index (κ2) is 20.4. The summed E-state index contributed by atoms with van der Waals surface area (Å²) in [5.74, 6) is 0. The van der Waals surface area contributed by atoms with Gasteiger partial charge in [-0.1, -0.05) is 38.5 Å². The van der Waals surface area contributed by atoms with Gasteiger partial charge in [-0.25, -0.2) is 4.98 Å². The van der Waals surface area contributed by atoms with Crippen LogP contribution in [0.3, 0.4) is 0 Å². The molecule has 0 saturated carbocycles. The molecule has 0 atom stereocenters. The second-order valence-corrected chi connectivity index (χ2v) is 35.9. The van der Waals surface area contributed by atoms with Crippen LogP contribution >= 0.6 is 0 Å². The first-order valence-corrected chi connectivity index (χ1v) is 33.1. The normalized spacial score (nSPS) is 10.3. The predicted molar refractivity (Wildman–Crippen MR) is 234 cm³/mol. The molecule has 0 spiro atoms. The Morgan fingerprint density at radius 3 is 1.63 bits per heavy atom. The lowest BCUT2D eigenvalue weighted by atomic mass is 9.91. The van der Waals surface area contributed by atoms with E-state index < -0.39 is 0 Å². The lowest BCUT2D eigenvalue weighted by Gasteiger charge is -2.19. The number of aromatic nitrogens is 3. The zero-order valence-electron chi connectivity index (χ0n) is 23.3. The third kappa shape index (κ3) is 12.5. The van der Waals surface area contributed by atoms with Crippen molar-refractivity contribution in [2.24, 2.45) is 0 Å². The predicted octanol–water partition coefficient (Wildman–Crippen LogP) is 5.73. The fourth-order valence-corrected chi connectivity index (χ4v) is 39.7. The SMILES string of the molecule is Cc1cc(C)c(-c2cc3nc(C(C)(C)C)ccc3c3nccn23)c(C)c1.S=S=S=S=S=S=S=S=S=S=S=S=S=S=S=S=S. The molecule has 0 unspecified atom stereocenters. The van der Waals surface area contributed by atoms with Crippen molar-refractivity contribution in [3.8, 4) is 11.3 Å². The van der Waals surface area contributed by atoms with Gasteiger partial charge in [0.05, 0.1) is 11.2 Å². The smallest absolute Gasteiger partial charge is 0.146 e. The molecular weight excluding hydrogens is 863 g/mol. The van der Waals surface area contributed by atoms with Crippen LogP contribution in [-0.2, 0) is 161 Å². The monoisotopic (exact) mass is 887 g/mol. The van der Waals surface area contributed by atoms with Gasteiger partial charge in [-0.15, -0.1) is 0 Å². The van der Waals surface area contributed by atoms with E-state index in [1.807, 2.05) is 12.4 Å². The Morgan fingerprint density at radius 1 is 0.674 bits per heavy atom. The fraction of sp³-hybridized carbons (Fsp3) is 0.304. The molecule has 0 N–H and O–H groups in total. The summed E-state index contributed by atoms with van der Waals surface area (Å²) in [6, 6.07) is 11.0. The number of aryl methyl sites for hydroxylation is 3. The summed E-state index contributed by atoms with van der Waals surface area (Å²) < 4.78 is 2.19. The number of hydrogen-bond acceptors (Lipinski definition) is 4. The topological polar surface area (TPSA) is 30.2 Å². The number of hydrogen-bond donors (Lipinski definition) is 0. The van der Waals surface area contributed by atoms with Crippen molar-refractivity contribution in [3.05, 3.63) is 65.1 Å². The third-order valence-electron chi connectivity index (χ3n) is 5.43. The van der Waals surface area contributed by atoms with E-state index in [2.05, 4.69) is 81.3 Å². The highest BCUT2D eigenvalue weighted by molar-refractivity contribution is 8.77. The lowest BCUT2D eigenvalue weighted by molar-refractivity contribution is 0.571. The van der Waals surface area contributed by atoms with Crippen molar-refractivity contribution < 1.29 is 0 Å². The zero-order valence-corrected chi connectivity index (χ0v) is 37.2. The highest BCUT2D eigenvalue weighted by Gasteiger charge is 2.18. The maximum atomic E-state index is 4.99. The Hall–Kier alpha value is 1.06. The van der Waals surface area contributed by atoms with Crippen LogP contribution in [0.5, 0.6) is 0 Å². The molecule has 0 saturated heterocycles. The van der Waals surface area contributed by atoms with Gasteiger partial charge in [-0.3, -0.25) is 9.38 Å². The molecule has 0 aliphatic carbocycles. The summed E-state index contributed by atoms with van der Waals surface area (Å²) in [4.78, 5) is 9.61. The van der Waals surface area contributed by atoms with Gasteiger partial charge in [0.15, 0.2) is 0 Å². The first-order valence-electron chi connectivity index (χ1n) is 11.8. The van der Waals surface area contributed by atoms with Gasteiger partial charge >= 0.3 is 0 Å². The van der Waals surface area contributed by atoms with Crippen LogP contribution in [-0.4, -0.2) is 14.4 Å². The Labute approximate surface area is 305 Å². The summed E-state index contributed by atoms with van der Waals surface area (Å²) in [6.07, 6.45) is 3.91. The van der Waals surface area contributed by atoms with Crippen LogP contribution in [0.4, 0.5) is 0 Å². The van der Waals surface area contributed by atoms with E-state index in [1.54, 1.807) is 115 Å². The van der Waals surface area contributed by atoms with Gasteiger partial charge in [0.2, 0.25) is 0 Å². The molecular formula is C23H25N3S17. The lowest BCUT2D eigenvalue weighted by Crippen LogP contribution is -2.13. The molecule has 0 aliphatic heterocycles. The van der Waals surface area contributed by atoms with Crippen LogP contribution in [0.1, 0.15) is 43.2 Å². The molecule has 20 heteroatoms. The standard InChI is InChI=1S/C23H25N3.S17/c1-14-11-15(2)21(16(3)12-14)19-13-18-17(22-24-9-10-26(19)22)7-8-20(25-18)23(4,5)6;1-3-5-7-9-11-13-15-17-16-14-12-10-8-6-4-2/h7-13H,1-6H3;. The molecule has 0 fully saturated rings. The van der Waals surface area contributed by atoms with Crippen LogP contribution in [0, 0.1) is 20.8 Å². The quantitative estimate of drug-likeness (QED) is 0.245. The van der Waals surface area contributed by atoms with Gasteiger partial charge in [-0.05, 0) is 50.1 Å². The van der Waals surface area contributed by atoms with Crippen LogP contribution < -0.4 is 0 Å². The molecule has 0 radical (unpaired) electrons. The van der Waals surface area contributed by atoms with E-state index in [0.29, 0.717) is 0 Å². The van der Waals surface area contributed by atoms with Crippen molar-refractivity contribution in [3.63, 3.8) is 0 Å². The average Bonchev–Trinajstić information content (AvgIpc) is 3.45. The number of fused-ring (bicyclic) bond motifs is 3. The van der Waals surface area contributed by atoms with Crippen molar-refractivity contribution in [2.75, 3.05) is 0 Å². The number of nitrogens with zero attached hydrogens (tertiary/aromatic N) is 3. The molecule has 0 aliphatic rings. The molecule has 3 heterocycles. The first-order chi connectivity index (χ1) is 20.7. The number of imidazole rings is 1. The maximum absolute atomic E-state index is 4.99. The first kappa shape index (κ1) is 38.5. The van der Waals surface area contributed by atoms with Crippen molar-refractivity contribution in [2.45, 2.75) is 47.0 Å². The molecule has 3 aromatic heterocycles. The molecule has 0 bridgehead atoms. The Bertz CT molecular complexity index is 2250. The Morgan fingerprint density at radius 2 is 1.16 bits per heavy atom. The van der Waals surface area contributed by atoms with Crippen molar-refractivity contribution >= 4 is 172 Å². The molecule has 234 valence electrons. The van der Waals surface area contributed by atoms with E-state index in [1.165, 1.54) is 40.0 Å². The maximum Gasteiger partial charge on any atom is 0.146 e. The summed E-state index contributed by atoms with van der Waals surface area (Å²) in [7, 11) is 25.4. The molecule has 1 aromatic carbocycles. The summed E-state index contributed by atoms with van der Waals surface area (Å²) in [5.41, 5.74) is 9.36. The van der Waals surface area contributed by atoms with Gasteiger partial charge in [0.1, 0.15) is 5.65 Å². The van der Waals surface area contributed by atoms with Gasteiger partial charge in [0.25, 0.3) is 0 Å². The molecule has 3 nitrogen and oxygen atoms in total. The minimum atomic E-state index is 0.0194. The zero-order chi connectivity index (χ0) is 31.2. The minimum Gasteiger partial charge on any atom is -0.299 e. The van der Waals surface area contributed by atoms with E-state index >= 15 is 0 Å². The van der Waals surface area contributed by atoms with E-state index in [9.17, 15) is 0 Å². The van der Waals surface area contributed by atoms with E-state index in [0.717, 1.165) is 27.9 Å². The molecule has 4 rings (SSSR count). The molecule has 43 heavy (non-hydrogen) atoms. The van der Waals surface area contributed by atoms with Crippen LogP contribution in [0.2, 0.25) is 0 Å². The van der Waals surface area contributed by atoms with Crippen LogP contribution in [0.25, 0.3) is 27.8 Å². The highest BCUT2D eigenvalue weighted by atomic mass is 33.5. The number of benzene rings is 1. The minimum absolute atomic E-state index is 0.0194. The van der Waals surface area contributed by atoms with E-state index in [-0.39, 0.29) is 5.41 Å². The van der Waals surface area contributed by atoms with E-state index in [4.69, 9.17) is 27.4 Å². The largest absolute Gasteiger partial charge is 0.299 e. The molecule has 0 amide bonds. The number of pyridine rings is 2. The van der Waals surface area contributed by atoms with Crippen molar-refractivity contribution in [1.82, 2.24) is 14.4 Å². The average molecular weight is 889 g/mol. The highest BCUT2D eigenvalue weighted by Crippen LogP contribution is 2.33. The van der Waals surface area contributed by atoms with Gasteiger partial charge < -0.3 is 0 Å². The third-order valence-corrected chi connectivity index (χ3v) is 36.5. The second-order valence-electron chi connectivity index (χ2n) is 9.32. The molecule has 4 aromatic rings. The summed E-state index contributed by atoms with van der Waals surface area (Å²) >= 11 is 9.48. The van der Waals surface area contributed by atoms with Crippen molar-refractivity contribution in [1.29, 1.82) is 0 Å². The van der Waals surface area contributed by atoms with Crippen LogP contribution in [0.15, 0.2) is 42.7 Å². The Balaban J connectivity index is 0.000000261. The number of rotatable bonds is 1. The van der Waals surface area contributed by atoms with Gasteiger partial charge in [0, 0.05) is 190 Å². The van der Waals surface area contributed by atoms with Gasteiger partial charge in [-0.2, -0.15) is 0 Å². The summed E-state index contributed by atoms with van der Waals surface area (Å²) in [5, 5.41) is 1.09. The fourth-order valence-electron chi connectivity index (χ4n) is 4.01. The summed E-state index contributed by atoms with van der Waals surface area (Å²) in [6.45, 7) is 13.1.